The summed E-state index contributed by atoms with van der Waals surface area (Å²) in [6.07, 6.45) is 2.03. The molecular weight excluding hydrogens is 375 g/mol. The molecule has 0 aliphatic heterocycles. The van der Waals surface area contributed by atoms with Gasteiger partial charge in [-0.3, -0.25) is 9.59 Å². The molecular formula is C19H18Cl2N2O3. The highest BCUT2D eigenvalue weighted by Gasteiger charge is 2.24. The van der Waals surface area contributed by atoms with Gasteiger partial charge in [-0.15, -0.1) is 0 Å². The number of methoxy groups -OCH3 is 1. The van der Waals surface area contributed by atoms with Crippen LogP contribution in [0, 0.1) is 6.92 Å². The van der Waals surface area contributed by atoms with Gasteiger partial charge >= 0.3 is 0 Å². The first-order valence-corrected chi connectivity index (χ1v) is 8.90. The van der Waals surface area contributed by atoms with Gasteiger partial charge < -0.3 is 15.4 Å². The molecule has 0 spiro atoms. The SMILES string of the molecule is COc1c(Cl)cc(C(=O)Nc2cc(C(=O)NC3CC3)ccc2C)cc1Cl. The molecule has 26 heavy (non-hydrogen) atoms. The molecule has 7 heteroatoms. The van der Waals surface area contributed by atoms with Gasteiger partial charge in [-0.1, -0.05) is 29.3 Å². The number of amides is 2. The zero-order chi connectivity index (χ0) is 18.8. The second-order valence-corrected chi connectivity index (χ2v) is 7.02. The standard InChI is InChI=1S/C19H18Cl2N2O3/c1-10-3-4-11(18(24)22-13-5-6-13)9-16(10)23-19(25)12-7-14(20)17(26-2)15(21)8-12/h3-4,7-9,13H,5-6H2,1-2H3,(H,22,24)(H,23,25). The van der Waals surface area contributed by atoms with E-state index in [0.29, 0.717) is 22.6 Å². The van der Waals surface area contributed by atoms with Crippen molar-refractivity contribution in [2.24, 2.45) is 0 Å². The highest BCUT2D eigenvalue weighted by molar-refractivity contribution is 6.37. The Bertz CT molecular complexity index is 856. The molecule has 0 radical (unpaired) electrons. The normalized spacial score (nSPS) is 13.2. The van der Waals surface area contributed by atoms with Crippen LogP contribution in [0.3, 0.4) is 0 Å². The summed E-state index contributed by atoms with van der Waals surface area (Å²) in [6, 6.07) is 8.44. The number of aryl methyl sites for hydroxylation is 1. The summed E-state index contributed by atoms with van der Waals surface area (Å²) >= 11 is 12.2. The molecule has 2 aromatic carbocycles. The van der Waals surface area contributed by atoms with E-state index < -0.39 is 0 Å². The third-order valence-electron chi connectivity index (χ3n) is 4.13. The van der Waals surface area contributed by atoms with E-state index in [2.05, 4.69) is 10.6 Å². The maximum absolute atomic E-state index is 12.6. The molecule has 3 rings (SSSR count). The number of anilines is 1. The zero-order valence-corrected chi connectivity index (χ0v) is 15.9. The van der Waals surface area contributed by atoms with E-state index in [0.717, 1.165) is 18.4 Å². The lowest BCUT2D eigenvalue weighted by Gasteiger charge is -2.12. The third-order valence-corrected chi connectivity index (χ3v) is 4.69. The van der Waals surface area contributed by atoms with E-state index >= 15 is 0 Å². The molecule has 0 heterocycles. The Hall–Kier alpha value is -2.24. The van der Waals surface area contributed by atoms with Gasteiger partial charge in [0.05, 0.1) is 17.2 Å². The average molecular weight is 393 g/mol. The smallest absolute Gasteiger partial charge is 0.255 e. The van der Waals surface area contributed by atoms with Crippen LogP contribution in [0.4, 0.5) is 5.69 Å². The molecule has 0 bridgehead atoms. The van der Waals surface area contributed by atoms with Crippen LogP contribution < -0.4 is 15.4 Å². The van der Waals surface area contributed by atoms with E-state index in [-0.39, 0.29) is 27.9 Å². The van der Waals surface area contributed by atoms with E-state index in [1.807, 2.05) is 6.92 Å². The van der Waals surface area contributed by atoms with Gasteiger partial charge in [0.25, 0.3) is 11.8 Å². The van der Waals surface area contributed by atoms with Crippen molar-refractivity contribution in [2.75, 3.05) is 12.4 Å². The topological polar surface area (TPSA) is 67.4 Å². The minimum absolute atomic E-state index is 0.140. The molecule has 0 saturated heterocycles. The van der Waals surface area contributed by atoms with Crippen LogP contribution in [0.1, 0.15) is 39.1 Å². The highest BCUT2D eigenvalue weighted by Crippen LogP contribution is 2.34. The first-order chi connectivity index (χ1) is 12.4. The summed E-state index contributed by atoms with van der Waals surface area (Å²) in [7, 11) is 1.45. The Morgan fingerprint density at radius 3 is 2.27 bits per heavy atom. The third kappa shape index (κ3) is 4.11. The molecule has 5 nitrogen and oxygen atoms in total. The van der Waals surface area contributed by atoms with E-state index in [1.165, 1.54) is 19.2 Å². The number of carbonyl (C=O) groups is 2. The number of halogens is 2. The summed E-state index contributed by atoms with van der Waals surface area (Å²) in [5.41, 5.74) is 2.20. The lowest BCUT2D eigenvalue weighted by molar-refractivity contribution is 0.0949. The van der Waals surface area contributed by atoms with E-state index in [9.17, 15) is 9.59 Å². The molecule has 0 atom stereocenters. The van der Waals surface area contributed by atoms with Crippen molar-refractivity contribution in [3.05, 3.63) is 57.1 Å². The molecule has 1 saturated carbocycles. The number of nitrogens with one attached hydrogen (secondary N) is 2. The monoisotopic (exact) mass is 392 g/mol. The van der Waals surface area contributed by atoms with Gasteiger partial charge in [-0.05, 0) is 49.6 Å². The fraction of sp³-hybridized carbons (Fsp3) is 0.263. The van der Waals surface area contributed by atoms with Crippen molar-refractivity contribution in [3.8, 4) is 5.75 Å². The molecule has 0 aromatic heterocycles. The molecule has 2 aromatic rings. The van der Waals surface area contributed by atoms with Crippen LogP contribution in [-0.2, 0) is 0 Å². The Balaban J connectivity index is 1.81. The molecule has 1 aliphatic rings. The highest BCUT2D eigenvalue weighted by atomic mass is 35.5. The van der Waals surface area contributed by atoms with Gasteiger partial charge in [0.2, 0.25) is 0 Å². The van der Waals surface area contributed by atoms with Crippen LogP contribution in [0.5, 0.6) is 5.75 Å². The minimum Gasteiger partial charge on any atom is -0.494 e. The van der Waals surface area contributed by atoms with Gasteiger partial charge in [0.1, 0.15) is 0 Å². The number of hydrogen-bond donors (Lipinski definition) is 2. The van der Waals surface area contributed by atoms with Crippen molar-refractivity contribution in [1.29, 1.82) is 0 Å². The Morgan fingerprint density at radius 1 is 1.04 bits per heavy atom. The number of ether oxygens (including phenoxy) is 1. The maximum Gasteiger partial charge on any atom is 0.255 e. The Kier molecular flexibility index (Phi) is 5.39. The van der Waals surface area contributed by atoms with Gasteiger partial charge in [0, 0.05) is 22.9 Å². The fourth-order valence-electron chi connectivity index (χ4n) is 2.47. The van der Waals surface area contributed by atoms with Crippen LogP contribution in [0.15, 0.2) is 30.3 Å². The van der Waals surface area contributed by atoms with Gasteiger partial charge in [-0.2, -0.15) is 0 Å². The predicted molar refractivity (Wildman–Crippen MR) is 103 cm³/mol. The number of carbonyl (C=O) groups excluding carboxylic acids is 2. The van der Waals surface area contributed by atoms with Crippen LogP contribution in [0.25, 0.3) is 0 Å². The molecule has 1 aliphatic carbocycles. The summed E-state index contributed by atoms with van der Waals surface area (Å²) in [5.74, 6) is -0.197. The largest absolute Gasteiger partial charge is 0.494 e. The lowest BCUT2D eigenvalue weighted by atomic mass is 10.1. The average Bonchev–Trinajstić information content (AvgIpc) is 3.40. The van der Waals surface area contributed by atoms with Crippen LogP contribution in [-0.4, -0.2) is 25.0 Å². The summed E-state index contributed by atoms with van der Waals surface area (Å²) in [4.78, 5) is 24.8. The second-order valence-electron chi connectivity index (χ2n) is 6.20. The molecule has 0 unspecified atom stereocenters. The lowest BCUT2D eigenvalue weighted by Crippen LogP contribution is -2.25. The van der Waals surface area contributed by atoms with Gasteiger partial charge in [0.15, 0.2) is 5.75 Å². The number of rotatable bonds is 5. The zero-order valence-electron chi connectivity index (χ0n) is 14.4. The quantitative estimate of drug-likeness (QED) is 0.789. The molecule has 2 N–H and O–H groups in total. The predicted octanol–water partition coefficient (Wildman–Crippen LogP) is 4.45. The Labute approximate surface area is 161 Å². The first kappa shape index (κ1) is 18.5. The molecule has 1 fully saturated rings. The van der Waals surface area contributed by atoms with E-state index in [4.69, 9.17) is 27.9 Å². The number of hydrogen-bond acceptors (Lipinski definition) is 3. The number of benzene rings is 2. The van der Waals surface area contributed by atoms with Crippen molar-refractivity contribution >= 4 is 40.7 Å². The molecule has 136 valence electrons. The summed E-state index contributed by atoms with van der Waals surface area (Å²) in [6.45, 7) is 1.85. The first-order valence-electron chi connectivity index (χ1n) is 8.15. The van der Waals surface area contributed by atoms with Crippen molar-refractivity contribution in [1.82, 2.24) is 5.32 Å². The van der Waals surface area contributed by atoms with Crippen molar-refractivity contribution in [2.45, 2.75) is 25.8 Å². The van der Waals surface area contributed by atoms with E-state index in [1.54, 1.807) is 18.2 Å². The summed E-state index contributed by atoms with van der Waals surface area (Å²) in [5, 5.41) is 6.23. The van der Waals surface area contributed by atoms with Crippen molar-refractivity contribution in [3.63, 3.8) is 0 Å². The van der Waals surface area contributed by atoms with Gasteiger partial charge in [-0.25, -0.2) is 0 Å². The maximum atomic E-state index is 12.6. The molecule has 2 amide bonds. The van der Waals surface area contributed by atoms with Crippen LogP contribution in [0.2, 0.25) is 10.0 Å². The summed E-state index contributed by atoms with van der Waals surface area (Å²) < 4.78 is 5.09. The van der Waals surface area contributed by atoms with Crippen LogP contribution >= 0.6 is 23.2 Å². The second kappa shape index (κ2) is 7.56. The Morgan fingerprint density at radius 2 is 1.69 bits per heavy atom. The fourth-order valence-corrected chi connectivity index (χ4v) is 3.12. The minimum atomic E-state index is -0.376. The van der Waals surface area contributed by atoms with Crippen molar-refractivity contribution < 1.29 is 14.3 Å².